The van der Waals surface area contributed by atoms with Crippen LogP contribution in [0.15, 0.2) is 41.0 Å². The second-order valence-electron chi connectivity index (χ2n) is 4.75. The highest BCUT2D eigenvalue weighted by molar-refractivity contribution is 6.30. The van der Waals surface area contributed by atoms with E-state index < -0.39 is 0 Å². The molecule has 1 N–H and O–H groups in total. The van der Waals surface area contributed by atoms with Gasteiger partial charge in [0.1, 0.15) is 5.76 Å². The topological polar surface area (TPSA) is 28.4 Å². The average Bonchev–Trinajstić information content (AvgIpc) is 2.77. The van der Waals surface area contributed by atoms with E-state index in [-0.39, 0.29) is 0 Å². The monoisotopic (exact) mass is 278 g/mol. The second-order valence-corrected chi connectivity index (χ2v) is 5.19. The maximum atomic E-state index is 5.98. The molecule has 1 aromatic carbocycles. The van der Waals surface area contributed by atoms with E-state index in [4.69, 9.17) is 16.0 Å². The number of nitrogens with zero attached hydrogens (tertiary/aromatic N) is 1. The van der Waals surface area contributed by atoms with Crippen LogP contribution in [-0.2, 0) is 19.6 Å². The van der Waals surface area contributed by atoms with Gasteiger partial charge in [0.2, 0.25) is 0 Å². The Bertz CT molecular complexity index is 524. The van der Waals surface area contributed by atoms with Gasteiger partial charge in [0.05, 0.1) is 12.8 Å². The molecule has 0 amide bonds. The van der Waals surface area contributed by atoms with Crippen molar-refractivity contribution in [3.63, 3.8) is 0 Å². The lowest BCUT2D eigenvalue weighted by molar-refractivity contribution is 0.288. The van der Waals surface area contributed by atoms with E-state index in [0.717, 1.165) is 30.4 Å². The highest BCUT2D eigenvalue weighted by Crippen LogP contribution is 2.14. The summed E-state index contributed by atoms with van der Waals surface area (Å²) in [5.74, 6) is 0.981. The molecule has 2 rings (SSSR count). The molecule has 0 fully saturated rings. The Morgan fingerprint density at radius 2 is 2.05 bits per heavy atom. The normalized spacial score (nSPS) is 11.2. The van der Waals surface area contributed by atoms with Crippen molar-refractivity contribution < 1.29 is 4.42 Å². The molecule has 19 heavy (non-hydrogen) atoms. The van der Waals surface area contributed by atoms with Crippen molar-refractivity contribution >= 4 is 11.6 Å². The van der Waals surface area contributed by atoms with Gasteiger partial charge < -0.3 is 9.73 Å². The third-order valence-corrected chi connectivity index (χ3v) is 3.09. The van der Waals surface area contributed by atoms with Gasteiger partial charge in [0, 0.05) is 23.7 Å². The second kappa shape index (κ2) is 6.75. The molecular weight excluding hydrogens is 260 g/mol. The Morgan fingerprint density at radius 3 is 2.79 bits per heavy atom. The highest BCUT2D eigenvalue weighted by atomic mass is 35.5. The summed E-state index contributed by atoms with van der Waals surface area (Å²) in [5.41, 5.74) is 2.38. The van der Waals surface area contributed by atoms with Crippen LogP contribution in [0.5, 0.6) is 0 Å². The zero-order valence-corrected chi connectivity index (χ0v) is 12.1. The first-order valence-electron chi connectivity index (χ1n) is 6.31. The van der Waals surface area contributed by atoms with Crippen molar-refractivity contribution in [1.82, 2.24) is 10.2 Å². The van der Waals surface area contributed by atoms with Crippen LogP contribution in [0.25, 0.3) is 0 Å². The molecule has 0 spiro atoms. The van der Waals surface area contributed by atoms with Crippen molar-refractivity contribution in [2.75, 3.05) is 14.1 Å². The Labute approximate surface area is 119 Å². The van der Waals surface area contributed by atoms with Gasteiger partial charge >= 0.3 is 0 Å². The van der Waals surface area contributed by atoms with Crippen LogP contribution >= 0.6 is 11.6 Å². The first-order valence-corrected chi connectivity index (χ1v) is 6.69. The molecule has 102 valence electrons. The number of halogens is 1. The van der Waals surface area contributed by atoms with Crippen molar-refractivity contribution in [1.29, 1.82) is 0 Å². The number of hydrogen-bond acceptors (Lipinski definition) is 3. The standard InChI is InChI=1S/C15H19ClN2O/c1-17-8-13-7-15(19-11-13)10-18(2)9-12-4-3-5-14(16)6-12/h3-7,11,17H,8-10H2,1-2H3. The van der Waals surface area contributed by atoms with E-state index in [1.54, 1.807) is 6.26 Å². The molecule has 1 aromatic heterocycles. The summed E-state index contributed by atoms with van der Waals surface area (Å²) in [6.45, 7) is 2.47. The van der Waals surface area contributed by atoms with E-state index in [0.29, 0.717) is 0 Å². The Morgan fingerprint density at radius 1 is 1.21 bits per heavy atom. The van der Waals surface area contributed by atoms with Crippen LogP contribution in [0.3, 0.4) is 0 Å². The van der Waals surface area contributed by atoms with E-state index in [1.165, 1.54) is 11.1 Å². The van der Waals surface area contributed by atoms with Gasteiger partial charge in [-0.15, -0.1) is 0 Å². The molecule has 0 aliphatic carbocycles. The van der Waals surface area contributed by atoms with E-state index in [1.807, 2.05) is 25.2 Å². The number of furan rings is 1. The molecule has 3 nitrogen and oxygen atoms in total. The fourth-order valence-corrected chi connectivity index (χ4v) is 2.29. The van der Waals surface area contributed by atoms with Gasteiger partial charge in [0.15, 0.2) is 0 Å². The Hall–Kier alpha value is -1.29. The minimum absolute atomic E-state index is 0.778. The quantitative estimate of drug-likeness (QED) is 0.879. The summed E-state index contributed by atoms with van der Waals surface area (Å²) < 4.78 is 5.54. The van der Waals surface area contributed by atoms with Gasteiger partial charge in [-0.05, 0) is 37.9 Å². The predicted octanol–water partition coefficient (Wildman–Crippen LogP) is 3.28. The third kappa shape index (κ3) is 4.39. The summed E-state index contributed by atoms with van der Waals surface area (Å²) >= 11 is 5.98. The van der Waals surface area contributed by atoms with Crippen molar-refractivity contribution in [2.24, 2.45) is 0 Å². The van der Waals surface area contributed by atoms with Gasteiger partial charge in [0.25, 0.3) is 0 Å². The maximum Gasteiger partial charge on any atom is 0.118 e. The largest absolute Gasteiger partial charge is 0.468 e. The van der Waals surface area contributed by atoms with E-state index in [2.05, 4.69) is 29.4 Å². The molecule has 4 heteroatoms. The number of hydrogen-bond donors (Lipinski definition) is 1. The molecule has 0 aliphatic rings. The average molecular weight is 279 g/mol. The lowest BCUT2D eigenvalue weighted by Gasteiger charge is -2.15. The molecule has 0 saturated heterocycles. The molecule has 0 unspecified atom stereocenters. The van der Waals surface area contributed by atoms with Gasteiger partial charge in [-0.3, -0.25) is 4.90 Å². The number of rotatable bonds is 6. The van der Waals surface area contributed by atoms with E-state index in [9.17, 15) is 0 Å². The lowest BCUT2D eigenvalue weighted by atomic mass is 10.2. The fraction of sp³-hybridized carbons (Fsp3) is 0.333. The van der Waals surface area contributed by atoms with Crippen LogP contribution in [0.2, 0.25) is 5.02 Å². The highest BCUT2D eigenvalue weighted by Gasteiger charge is 2.06. The van der Waals surface area contributed by atoms with E-state index >= 15 is 0 Å². The summed E-state index contributed by atoms with van der Waals surface area (Å²) in [5, 5.41) is 3.89. The molecular formula is C15H19ClN2O. The maximum absolute atomic E-state index is 5.98. The molecule has 2 aromatic rings. The van der Waals surface area contributed by atoms with Crippen LogP contribution in [0.1, 0.15) is 16.9 Å². The van der Waals surface area contributed by atoms with Crippen molar-refractivity contribution in [2.45, 2.75) is 19.6 Å². The lowest BCUT2D eigenvalue weighted by Crippen LogP contribution is -2.16. The van der Waals surface area contributed by atoms with Crippen LogP contribution in [0, 0.1) is 0 Å². The molecule has 0 bridgehead atoms. The predicted molar refractivity (Wildman–Crippen MR) is 78.1 cm³/mol. The smallest absolute Gasteiger partial charge is 0.118 e. The summed E-state index contributed by atoms with van der Waals surface area (Å²) in [7, 11) is 4.00. The number of benzene rings is 1. The molecule has 0 aliphatic heterocycles. The van der Waals surface area contributed by atoms with Gasteiger partial charge in [-0.2, -0.15) is 0 Å². The van der Waals surface area contributed by atoms with Crippen molar-refractivity contribution in [3.8, 4) is 0 Å². The molecule has 1 heterocycles. The van der Waals surface area contributed by atoms with Crippen molar-refractivity contribution in [3.05, 3.63) is 58.5 Å². The van der Waals surface area contributed by atoms with Gasteiger partial charge in [-0.1, -0.05) is 23.7 Å². The third-order valence-electron chi connectivity index (χ3n) is 2.86. The van der Waals surface area contributed by atoms with Gasteiger partial charge in [-0.25, -0.2) is 0 Å². The van der Waals surface area contributed by atoms with Crippen LogP contribution in [-0.4, -0.2) is 19.0 Å². The summed E-state index contributed by atoms with van der Waals surface area (Å²) in [6.07, 6.45) is 1.80. The first-order chi connectivity index (χ1) is 9.17. The Kier molecular flexibility index (Phi) is 5.02. The minimum atomic E-state index is 0.778. The zero-order chi connectivity index (χ0) is 13.7. The zero-order valence-electron chi connectivity index (χ0n) is 11.3. The number of nitrogens with one attached hydrogen (secondary N) is 1. The first kappa shape index (κ1) is 14.1. The van der Waals surface area contributed by atoms with Crippen LogP contribution in [0.4, 0.5) is 0 Å². The minimum Gasteiger partial charge on any atom is -0.468 e. The fourth-order valence-electron chi connectivity index (χ4n) is 2.07. The Balaban J connectivity index is 1.91. The SMILES string of the molecule is CNCc1coc(CN(C)Cc2cccc(Cl)c2)c1. The summed E-state index contributed by atoms with van der Waals surface area (Å²) in [4.78, 5) is 2.20. The molecule has 0 atom stereocenters. The molecule has 0 saturated carbocycles. The van der Waals surface area contributed by atoms with Crippen LogP contribution < -0.4 is 5.32 Å². The molecule has 0 radical (unpaired) electrons. The summed E-state index contributed by atoms with van der Waals surface area (Å²) in [6, 6.07) is 10.0.